The van der Waals surface area contributed by atoms with Gasteiger partial charge in [-0.15, -0.1) is 5.53 Å². The first-order valence-corrected chi connectivity index (χ1v) is 10.9. The summed E-state index contributed by atoms with van der Waals surface area (Å²) >= 11 is 7.96. The Hall–Kier alpha value is -0.880. The molecule has 1 aromatic rings. The molecule has 2 fully saturated rings. The Morgan fingerprint density at radius 3 is 2.89 bits per heavy atom. The van der Waals surface area contributed by atoms with E-state index in [9.17, 15) is 0 Å². The van der Waals surface area contributed by atoms with E-state index in [2.05, 4.69) is 22.9 Å². The molecule has 3 aliphatic rings. The number of nitrogens with zero attached hydrogens (tertiary/aromatic N) is 3. The Morgan fingerprint density at radius 1 is 1.36 bits per heavy atom. The topological polar surface area (TPSA) is 101 Å². The first-order valence-electron chi connectivity index (χ1n) is 9.53. The summed E-state index contributed by atoms with van der Waals surface area (Å²) in [6, 6.07) is -0.0841. The molecule has 3 N–H and O–H groups in total. The predicted octanol–water partition coefficient (Wildman–Crippen LogP) is 1.95. The molecular formula is C17H26ClN5O4S. The smallest absolute Gasteiger partial charge is 0.191 e. The Balaban J connectivity index is 1.60. The van der Waals surface area contributed by atoms with Crippen molar-refractivity contribution in [3.8, 4) is 0 Å². The van der Waals surface area contributed by atoms with Crippen LogP contribution in [0.4, 0.5) is 11.5 Å². The molecule has 1 aliphatic carbocycles. The lowest BCUT2D eigenvalue weighted by molar-refractivity contribution is -0.168. The molecule has 1 aromatic heterocycles. The average Bonchev–Trinajstić information content (AvgIpc) is 3.29. The van der Waals surface area contributed by atoms with E-state index in [1.165, 1.54) is 0 Å². The second kappa shape index (κ2) is 8.10. The molecule has 0 radical (unpaired) electrons. The number of hydrogen-bond acceptors (Lipinski definition) is 10. The summed E-state index contributed by atoms with van der Waals surface area (Å²) in [7, 11) is 0. The minimum atomic E-state index is -0.698. The summed E-state index contributed by atoms with van der Waals surface area (Å²) in [5.74, 6) is 0.918. The normalized spacial score (nSPS) is 30.4. The van der Waals surface area contributed by atoms with Crippen molar-refractivity contribution in [1.82, 2.24) is 15.5 Å². The van der Waals surface area contributed by atoms with E-state index in [0.717, 1.165) is 12.2 Å². The zero-order chi connectivity index (χ0) is 19.9. The van der Waals surface area contributed by atoms with Gasteiger partial charge in [0.25, 0.3) is 0 Å². The number of nitrogens with one attached hydrogen (secondary N) is 2. The molecule has 0 unspecified atom stereocenters. The molecule has 0 bridgehead atoms. The number of aliphatic hydroxyl groups is 1. The van der Waals surface area contributed by atoms with E-state index in [1.807, 2.05) is 18.9 Å². The zero-order valence-electron chi connectivity index (χ0n) is 16.1. The first kappa shape index (κ1) is 20.4. The summed E-state index contributed by atoms with van der Waals surface area (Å²) in [5, 5.41) is 12.1. The number of hydrazine groups is 2. The summed E-state index contributed by atoms with van der Waals surface area (Å²) < 4.78 is 18.1. The van der Waals surface area contributed by atoms with Gasteiger partial charge < -0.3 is 19.3 Å². The van der Waals surface area contributed by atoms with Gasteiger partial charge >= 0.3 is 0 Å². The minimum Gasteiger partial charge on any atom is -0.394 e. The van der Waals surface area contributed by atoms with Crippen molar-refractivity contribution in [3.63, 3.8) is 0 Å². The third-order valence-electron chi connectivity index (χ3n) is 4.93. The predicted molar refractivity (Wildman–Crippen MR) is 106 cm³/mol. The van der Waals surface area contributed by atoms with E-state index in [4.69, 9.17) is 35.9 Å². The molecule has 1 saturated heterocycles. The number of rotatable bonds is 7. The Kier molecular flexibility index (Phi) is 5.90. The fourth-order valence-electron chi connectivity index (χ4n) is 3.88. The summed E-state index contributed by atoms with van der Waals surface area (Å²) in [6.45, 7) is 6.14. The van der Waals surface area contributed by atoms with Crippen molar-refractivity contribution < 1.29 is 19.3 Å². The number of hydrogen-bond donors (Lipinski definition) is 3. The van der Waals surface area contributed by atoms with Crippen LogP contribution in [0.15, 0.2) is 5.16 Å². The Morgan fingerprint density at radius 2 is 2.14 bits per heavy atom. The Labute approximate surface area is 173 Å². The van der Waals surface area contributed by atoms with Crippen LogP contribution in [0.5, 0.6) is 0 Å². The van der Waals surface area contributed by atoms with Gasteiger partial charge in [0.05, 0.1) is 25.4 Å². The van der Waals surface area contributed by atoms with Crippen molar-refractivity contribution in [2.45, 2.75) is 68.9 Å². The maximum Gasteiger partial charge on any atom is 0.191 e. The van der Waals surface area contributed by atoms with Crippen LogP contribution in [-0.4, -0.2) is 64.2 Å². The largest absolute Gasteiger partial charge is 0.394 e. The molecule has 28 heavy (non-hydrogen) atoms. The summed E-state index contributed by atoms with van der Waals surface area (Å²) in [5.41, 5.74) is 6.87. The third kappa shape index (κ3) is 3.79. The fraction of sp³-hybridized carbons (Fsp3) is 0.765. The molecule has 0 spiro atoms. The van der Waals surface area contributed by atoms with E-state index < -0.39 is 5.79 Å². The number of aromatic nitrogens is 2. The molecule has 3 heterocycles. The first-order chi connectivity index (χ1) is 13.4. The van der Waals surface area contributed by atoms with Crippen LogP contribution in [0.25, 0.3) is 0 Å². The second-order valence-corrected chi connectivity index (χ2v) is 8.87. The van der Waals surface area contributed by atoms with Crippen molar-refractivity contribution in [3.05, 3.63) is 5.15 Å². The van der Waals surface area contributed by atoms with Gasteiger partial charge in [0.15, 0.2) is 21.9 Å². The third-order valence-corrected chi connectivity index (χ3v) is 6.25. The van der Waals surface area contributed by atoms with Crippen LogP contribution in [0.1, 0.15) is 33.6 Å². The lowest BCUT2D eigenvalue weighted by Crippen LogP contribution is -2.50. The van der Waals surface area contributed by atoms with E-state index >= 15 is 0 Å². The van der Waals surface area contributed by atoms with Crippen LogP contribution >= 0.6 is 23.4 Å². The van der Waals surface area contributed by atoms with Crippen LogP contribution < -0.4 is 16.0 Å². The summed E-state index contributed by atoms with van der Waals surface area (Å²) in [6.07, 6.45) is 1.09. The molecule has 156 valence electrons. The van der Waals surface area contributed by atoms with Crippen LogP contribution in [0.2, 0.25) is 5.15 Å². The number of anilines is 2. The molecule has 2 aliphatic heterocycles. The molecule has 1 saturated carbocycles. The highest BCUT2D eigenvalue weighted by molar-refractivity contribution is 7.99. The maximum absolute atomic E-state index is 9.15. The Bertz CT molecular complexity index is 727. The van der Waals surface area contributed by atoms with Crippen LogP contribution in [-0.2, 0) is 14.2 Å². The maximum atomic E-state index is 9.15. The van der Waals surface area contributed by atoms with Gasteiger partial charge in [0, 0.05) is 12.2 Å². The van der Waals surface area contributed by atoms with Gasteiger partial charge in [-0.2, -0.15) is 0 Å². The standard InChI is InChI=1S/C17H26ClN5O4S/c1-4-7-28-16-19-14(18)11-15(20-16)23(22-21-11)9-8-10(25-6-5-24)13-12(9)26-17(2,3)27-13/h9-10,12-13,21-22,24H,4-8H2,1-3H3/t9-,10+,12+,13-/m1/s1. The van der Waals surface area contributed by atoms with Gasteiger partial charge in [-0.25, -0.2) is 9.97 Å². The van der Waals surface area contributed by atoms with Gasteiger partial charge in [-0.1, -0.05) is 30.3 Å². The van der Waals surface area contributed by atoms with Crippen LogP contribution in [0.3, 0.4) is 0 Å². The molecule has 11 heteroatoms. The number of thioether (sulfide) groups is 1. The minimum absolute atomic E-state index is 0.0317. The van der Waals surface area contributed by atoms with Gasteiger partial charge in [0.1, 0.15) is 17.9 Å². The number of halogens is 1. The van der Waals surface area contributed by atoms with Gasteiger partial charge in [0.2, 0.25) is 0 Å². The fourth-order valence-corrected chi connectivity index (χ4v) is 4.84. The number of aliphatic hydroxyl groups excluding tert-OH is 1. The van der Waals surface area contributed by atoms with Crippen LogP contribution in [0, 0.1) is 0 Å². The lowest BCUT2D eigenvalue weighted by Gasteiger charge is -2.29. The van der Waals surface area contributed by atoms with Crippen molar-refractivity contribution in [1.29, 1.82) is 0 Å². The number of fused-ring (bicyclic) bond motifs is 2. The highest BCUT2D eigenvalue weighted by Crippen LogP contribution is 2.45. The van der Waals surface area contributed by atoms with E-state index in [1.54, 1.807) is 11.8 Å². The molecule has 4 atom stereocenters. The van der Waals surface area contributed by atoms with Gasteiger partial charge in [-0.05, 0) is 20.3 Å². The highest BCUT2D eigenvalue weighted by atomic mass is 35.5. The van der Waals surface area contributed by atoms with Gasteiger partial charge in [-0.3, -0.25) is 10.4 Å². The molecule has 0 amide bonds. The average molecular weight is 432 g/mol. The number of ether oxygens (including phenoxy) is 3. The zero-order valence-corrected chi connectivity index (χ0v) is 17.7. The highest BCUT2D eigenvalue weighted by Gasteiger charge is 2.57. The van der Waals surface area contributed by atoms with E-state index in [0.29, 0.717) is 28.2 Å². The molecule has 4 rings (SSSR count). The molecule has 0 aromatic carbocycles. The molecule has 9 nitrogen and oxygen atoms in total. The summed E-state index contributed by atoms with van der Waals surface area (Å²) in [4.78, 5) is 9.07. The van der Waals surface area contributed by atoms with Crippen molar-refractivity contribution in [2.75, 3.05) is 29.4 Å². The lowest BCUT2D eigenvalue weighted by atomic mass is 10.2. The SMILES string of the molecule is CCCSc1nc(Cl)c2c(n1)N([C@@H]1C[C@H](OCCO)[C@H]3OC(C)(C)O[C@H]31)NN2. The van der Waals surface area contributed by atoms with Crippen molar-refractivity contribution >= 4 is 34.9 Å². The monoisotopic (exact) mass is 431 g/mol. The van der Waals surface area contributed by atoms with E-state index in [-0.39, 0.29) is 37.6 Å². The second-order valence-electron chi connectivity index (χ2n) is 7.45. The molecular weight excluding hydrogens is 406 g/mol. The van der Waals surface area contributed by atoms with Crippen molar-refractivity contribution in [2.24, 2.45) is 0 Å². The quantitative estimate of drug-likeness (QED) is 0.337.